The van der Waals surface area contributed by atoms with Gasteiger partial charge >= 0.3 is 0 Å². The van der Waals surface area contributed by atoms with Gasteiger partial charge in [0.25, 0.3) is 5.91 Å². The van der Waals surface area contributed by atoms with Crippen LogP contribution in [0.15, 0.2) is 45.8 Å². The lowest BCUT2D eigenvalue weighted by Crippen LogP contribution is -2.40. The molecule has 0 radical (unpaired) electrons. The Morgan fingerprint density at radius 3 is 2.81 bits per heavy atom. The molecule has 0 unspecified atom stereocenters. The molecule has 0 atom stereocenters. The van der Waals surface area contributed by atoms with Crippen LogP contribution in [-0.4, -0.2) is 55.7 Å². The number of nitrogens with zero attached hydrogens (tertiary/aromatic N) is 2. The third kappa shape index (κ3) is 4.53. The SMILES string of the molecule is Cc1oc(-c2[nH]ncc2C(=O)N2CCOCC2)cc1S(=O)(=O)NCc1cccc(F)c1. The van der Waals surface area contributed by atoms with Gasteiger partial charge in [0.1, 0.15) is 22.2 Å². The molecule has 3 aromatic rings. The van der Waals surface area contributed by atoms with Gasteiger partial charge in [-0.25, -0.2) is 17.5 Å². The van der Waals surface area contributed by atoms with E-state index >= 15 is 0 Å². The van der Waals surface area contributed by atoms with E-state index < -0.39 is 15.8 Å². The van der Waals surface area contributed by atoms with Gasteiger partial charge in [-0.2, -0.15) is 5.10 Å². The maximum absolute atomic E-state index is 13.3. The molecule has 0 bridgehead atoms. The Morgan fingerprint density at radius 2 is 2.06 bits per heavy atom. The molecule has 2 N–H and O–H groups in total. The zero-order chi connectivity index (χ0) is 22.0. The number of ether oxygens (including phenoxy) is 1. The van der Waals surface area contributed by atoms with Gasteiger partial charge < -0.3 is 14.1 Å². The van der Waals surface area contributed by atoms with Crippen LogP contribution in [0.4, 0.5) is 4.39 Å². The predicted octanol–water partition coefficient (Wildman–Crippen LogP) is 2.07. The number of amides is 1. The molecule has 0 saturated carbocycles. The van der Waals surface area contributed by atoms with Gasteiger partial charge in [-0.05, 0) is 24.6 Å². The summed E-state index contributed by atoms with van der Waals surface area (Å²) in [7, 11) is -3.94. The average Bonchev–Trinajstić information content (AvgIpc) is 3.39. The number of nitrogens with one attached hydrogen (secondary N) is 2. The van der Waals surface area contributed by atoms with Crippen molar-refractivity contribution in [2.45, 2.75) is 18.4 Å². The average molecular weight is 448 g/mol. The second-order valence-electron chi connectivity index (χ2n) is 7.05. The summed E-state index contributed by atoms with van der Waals surface area (Å²) in [6.07, 6.45) is 1.39. The number of carbonyl (C=O) groups excluding carboxylic acids is 1. The number of aromatic nitrogens is 2. The van der Waals surface area contributed by atoms with Crippen LogP contribution in [-0.2, 0) is 21.3 Å². The molecular formula is C20H21FN4O5S. The van der Waals surface area contributed by atoms with Crippen molar-refractivity contribution in [3.05, 3.63) is 59.2 Å². The fourth-order valence-corrected chi connectivity index (χ4v) is 4.53. The number of aryl methyl sites for hydroxylation is 1. The van der Waals surface area contributed by atoms with Crippen molar-refractivity contribution in [3.8, 4) is 11.5 Å². The number of aromatic amines is 1. The highest BCUT2D eigenvalue weighted by molar-refractivity contribution is 7.89. The van der Waals surface area contributed by atoms with E-state index in [1.807, 2.05) is 0 Å². The first-order valence-corrected chi connectivity index (χ1v) is 11.1. The molecule has 1 aliphatic heterocycles. The number of hydrogen-bond acceptors (Lipinski definition) is 6. The van der Waals surface area contributed by atoms with Crippen LogP contribution in [0.5, 0.6) is 0 Å². The smallest absolute Gasteiger partial charge is 0.257 e. The molecule has 2 aromatic heterocycles. The molecule has 1 amide bonds. The van der Waals surface area contributed by atoms with Crippen LogP contribution in [0.3, 0.4) is 0 Å². The number of furan rings is 1. The number of hydrogen-bond donors (Lipinski definition) is 2. The highest BCUT2D eigenvalue weighted by atomic mass is 32.2. The lowest BCUT2D eigenvalue weighted by molar-refractivity contribution is 0.0303. The summed E-state index contributed by atoms with van der Waals surface area (Å²) in [6.45, 7) is 3.27. The first-order valence-electron chi connectivity index (χ1n) is 9.60. The molecule has 9 nitrogen and oxygen atoms in total. The summed E-state index contributed by atoms with van der Waals surface area (Å²) < 4.78 is 52.3. The molecule has 3 heterocycles. The Bertz CT molecular complexity index is 1200. The Balaban J connectivity index is 1.57. The predicted molar refractivity (Wildman–Crippen MR) is 108 cm³/mol. The van der Waals surface area contributed by atoms with Crippen LogP contribution in [0.25, 0.3) is 11.5 Å². The van der Waals surface area contributed by atoms with E-state index in [0.29, 0.717) is 37.6 Å². The monoisotopic (exact) mass is 448 g/mol. The summed E-state index contributed by atoms with van der Waals surface area (Å²) in [5, 5.41) is 6.65. The molecule has 1 aromatic carbocycles. The van der Waals surface area contributed by atoms with Gasteiger partial charge in [0.2, 0.25) is 10.0 Å². The van der Waals surface area contributed by atoms with Gasteiger partial charge in [-0.1, -0.05) is 12.1 Å². The molecule has 1 fully saturated rings. The van der Waals surface area contributed by atoms with Crippen molar-refractivity contribution < 1.29 is 26.8 Å². The summed E-state index contributed by atoms with van der Waals surface area (Å²) in [5.74, 6) is -0.358. The van der Waals surface area contributed by atoms with Crippen LogP contribution >= 0.6 is 0 Å². The van der Waals surface area contributed by atoms with Gasteiger partial charge in [-0.15, -0.1) is 0 Å². The highest BCUT2D eigenvalue weighted by Crippen LogP contribution is 2.30. The minimum absolute atomic E-state index is 0.0710. The molecule has 1 saturated heterocycles. The standard InChI is InChI=1S/C20H21FN4O5S/c1-13-18(31(27,28)23-11-14-3-2-4-15(21)9-14)10-17(30-13)19-16(12-22-24-19)20(26)25-5-7-29-8-6-25/h2-4,9-10,12,23H,5-8,11H2,1H3,(H,22,24). The number of halogens is 1. The van der Waals surface area contributed by atoms with Gasteiger partial charge in [0, 0.05) is 25.7 Å². The van der Waals surface area contributed by atoms with Crippen LogP contribution in [0, 0.1) is 12.7 Å². The van der Waals surface area contributed by atoms with Crippen LogP contribution in [0.1, 0.15) is 21.7 Å². The first kappa shape index (κ1) is 21.2. The number of sulfonamides is 1. The Hall–Kier alpha value is -3.02. The summed E-state index contributed by atoms with van der Waals surface area (Å²) in [4.78, 5) is 14.4. The van der Waals surface area contributed by atoms with Gasteiger partial charge in [0.05, 0.1) is 25.0 Å². The number of rotatable bonds is 6. The third-order valence-corrected chi connectivity index (χ3v) is 6.44. The number of morpholine rings is 1. The second-order valence-corrected chi connectivity index (χ2v) is 8.78. The molecule has 0 spiro atoms. The first-order chi connectivity index (χ1) is 14.8. The summed E-state index contributed by atoms with van der Waals surface area (Å²) in [6, 6.07) is 7.00. The van der Waals surface area contributed by atoms with Crippen molar-refractivity contribution >= 4 is 15.9 Å². The molecule has 164 valence electrons. The lowest BCUT2D eigenvalue weighted by Gasteiger charge is -2.26. The summed E-state index contributed by atoms with van der Waals surface area (Å²) >= 11 is 0. The summed E-state index contributed by atoms with van der Waals surface area (Å²) in [5.41, 5.74) is 1.07. The van der Waals surface area contributed by atoms with E-state index in [-0.39, 0.29) is 34.4 Å². The fraction of sp³-hybridized carbons (Fsp3) is 0.300. The van der Waals surface area contributed by atoms with Crippen molar-refractivity contribution in [2.24, 2.45) is 0 Å². The number of benzene rings is 1. The third-order valence-electron chi connectivity index (χ3n) is 4.93. The molecule has 0 aliphatic carbocycles. The molecule has 31 heavy (non-hydrogen) atoms. The molecule has 1 aliphatic rings. The maximum atomic E-state index is 13.3. The molecule has 11 heteroatoms. The van der Waals surface area contributed by atoms with Crippen molar-refractivity contribution in [1.29, 1.82) is 0 Å². The minimum Gasteiger partial charge on any atom is -0.458 e. The van der Waals surface area contributed by atoms with E-state index in [4.69, 9.17) is 9.15 Å². The van der Waals surface area contributed by atoms with Crippen molar-refractivity contribution in [2.75, 3.05) is 26.3 Å². The minimum atomic E-state index is -3.94. The Morgan fingerprint density at radius 1 is 1.29 bits per heavy atom. The maximum Gasteiger partial charge on any atom is 0.257 e. The topological polar surface area (TPSA) is 118 Å². The van der Waals surface area contributed by atoms with Crippen LogP contribution in [0.2, 0.25) is 0 Å². The van der Waals surface area contributed by atoms with Crippen LogP contribution < -0.4 is 4.72 Å². The second kappa shape index (κ2) is 8.61. The van der Waals surface area contributed by atoms with Gasteiger partial charge in [-0.3, -0.25) is 9.89 Å². The fourth-order valence-electron chi connectivity index (χ4n) is 3.33. The highest BCUT2D eigenvalue weighted by Gasteiger charge is 2.27. The van der Waals surface area contributed by atoms with Gasteiger partial charge in [0.15, 0.2) is 5.76 Å². The van der Waals surface area contributed by atoms with E-state index in [1.54, 1.807) is 11.0 Å². The van der Waals surface area contributed by atoms with Crippen molar-refractivity contribution in [3.63, 3.8) is 0 Å². The number of carbonyl (C=O) groups is 1. The Kier molecular flexibility index (Phi) is 5.90. The van der Waals surface area contributed by atoms with E-state index in [9.17, 15) is 17.6 Å². The molecular weight excluding hydrogens is 427 g/mol. The number of H-pyrrole nitrogens is 1. The van der Waals surface area contributed by atoms with E-state index in [2.05, 4.69) is 14.9 Å². The lowest BCUT2D eigenvalue weighted by atomic mass is 10.2. The quantitative estimate of drug-likeness (QED) is 0.596. The Labute approximate surface area is 178 Å². The van der Waals surface area contributed by atoms with E-state index in [1.165, 1.54) is 37.4 Å². The zero-order valence-electron chi connectivity index (χ0n) is 16.7. The van der Waals surface area contributed by atoms with Crippen molar-refractivity contribution in [1.82, 2.24) is 19.8 Å². The van der Waals surface area contributed by atoms with E-state index in [0.717, 1.165) is 0 Å². The zero-order valence-corrected chi connectivity index (χ0v) is 17.5. The normalized spacial score (nSPS) is 14.7. The molecule has 4 rings (SSSR count). The largest absolute Gasteiger partial charge is 0.458 e.